The Kier molecular flexibility index (Phi) is 4.10. The smallest absolute Gasteiger partial charge is 0.248 e. The van der Waals surface area contributed by atoms with Crippen molar-refractivity contribution >= 4 is 44.9 Å². The second-order valence-corrected chi connectivity index (χ2v) is 11.9. The fourth-order valence-electron chi connectivity index (χ4n) is 8.74. The Balaban J connectivity index is 1.51. The van der Waals surface area contributed by atoms with E-state index in [2.05, 4.69) is 138 Å². The van der Waals surface area contributed by atoms with Crippen LogP contribution in [0.25, 0.3) is 27.5 Å². The third-order valence-electron chi connectivity index (χ3n) is 10.2. The Hall–Kier alpha value is -5.33. The minimum absolute atomic E-state index is 0.124. The Morgan fingerprint density at radius 2 is 1.33 bits per heavy atom. The van der Waals surface area contributed by atoms with E-state index in [9.17, 15) is 5.26 Å². The van der Waals surface area contributed by atoms with Gasteiger partial charge >= 0.3 is 0 Å². The quantitative estimate of drug-likeness (QED) is 0.249. The molecule has 0 bridgehead atoms. The molecule has 0 aliphatic carbocycles. The van der Waals surface area contributed by atoms with E-state index in [0.29, 0.717) is 5.56 Å². The van der Waals surface area contributed by atoms with Crippen LogP contribution in [0.1, 0.15) is 38.9 Å². The van der Waals surface area contributed by atoms with Crippen LogP contribution in [0.15, 0.2) is 127 Å². The molecule has 3 heteroatoms. The average molecular weight is 530 g/mol. The molecule has 3 aliphatic heterocycles. The molecule has 0 N–H and O–H groups in total. The molecule has 192 valence electrons. The first-order valence-electron chi connectivity index (χ1n) is 14.7. The Labute approximate surface area is 244 Å². The zero-order valence-corrected chi connectivity index (χ0v) is 22.8. The van der Waals surface area contributed by atoms with Crippen LogP contribution >= 0.6 is 0 Å². The molecule has 0 unspecified atom stereocenters. The highest BCUT2D eigenvalue weighted by molar-refractivity contribution is 7.00. The number of rotatable bonds is 2. The molecule has 4 heterocycles. The molecule has 7 aromatic rings. The molecule has 3 aliphatic rings. The van der Waals surface area contributed by atoms with E-state index in [-0.39, 0.29) is 6.71 Å². The molecule has 0 saturated heterocycles. The van der Waals surface area contributed by atoms with E-state index in [1.807, 2.05) is 0 Å². The lowest BCUT2D eigenvalue weighted by Gasteiger charge is -2.48. The van der Waals surface area contributed by atoms with Crippen LogP contribution < -0.4 is 16.4 Å². The number of benzene rings is 6. The summed E-state index contributed by atoms with van der Waals surface area (Å²) in [5.74, 6) is 0. The van der Waals surface area contributed by atoms with E-state index in [1.54, 1.807) is 0 Å². The van der Waals surface area contributed by atoms with Gasteiger partial charge in [-0.1, -0.05) is 115 Å². The lowest BCUT2D eigenvalue weighted by Crippen LogP contribution is -2.67. The zero-order chi connectivity index (χ0) is 27.6. The lowest BCUT2D eigenvalue weighted by atomic mass is 9.27. The number of fused-ring (bicyclic) bond motifs is 4. The highest BCUT2D eigenvalue weighted by atomic mass is 15.0. The third kappa shape index (κ3) is 2.45. The van der Waals surface area contributed by atoms with Gasteiger partial charge in [0.05, 0.1) is 22.6 Å². The fraction of sp³-hybridized carbons (Fsp3) is 0.0513. The van der Waals surface area contributed by atoms with Crippen molar-refractivity contribution < 1.29 is 0 Å². The molecule has 2 nitrogen and oxygen atoms in total. The Morgan fingerprint density at radius 3 is 2.10 bits per heavy atom. The first-order valence-corrected chi connectivity index (χ1v) is 14.7. The Bertz CT molecular complexity index is 2300. The van der Waals surface area contributed by atoms with Gasteiger partial charge in [0.15, 0.2) is 0 Å². The molecule has 0 atom stereocenters. The molecule has 42 heavy (non-hydrogen) atoms. The summed E-state index contributed by atoms with van der Waals surface area (Å²) in [5.41, 5.74) is 15.8. The van der Waals surface area contributed by atoms with Crippen LogP contribution in [0.3, 0.4) is 0 Å². The molecule has 10 rings (SSSR count). The van der Waals surface area contributed by atoms with Gasteiger partial charge in [-0.2, -0.15) is 5.26 Å². The Morgan fingerprint density at radius 1 is 0.619 bits per heavy atom. The minimum Gasteiger partial charge on any atom is -0.310 e. The predicted octanol–water partition coefficient (Wildman–Crippen LogP) is 6.09. The summed E-state index contributed by atoms with van der Waals surface area (Å²) in [7, 11) is 0. The zero-order valence-electron chi connectivity index (χ0n) is 22.8. The van der Waals surface area contributed by atoms with E-state index >= 15 is 0 Å². The van der Waals surface area contributed by atoms with Gasteiger partial charge in [0.25, 0.3) is 0 Å². The fourth-order valence-corrected chi connectivity index (χ4v) is 8.74. The van der Waals surface area contributed by atoms with Crippen LogP contribution in [0.5, 0.6) is 0 Å². The van der Waals surface area contributed by atoms with Gasteiger partial charge in [-0.15, -0.1) is 0 Å². The standard InChI is InChI=1S/C39H23BN2/c41-23-24-20-32-37-34(21-24)42-33-17-8-7-15-29(33)30-19-18-26-22-25-10-9-16-31(35(25)40(37)36(26)38(30)42)39(32,27-11-3-1-4-12-27)28-13-5-2-6-14-28/h1-21H,22H2. The summed E-state index contributed by atoms with van der Waals surface area (Å²) < 4.78 is 2.47. The van der Waals surface area contributed by atoms with Gasteiger partial charge in [0.1, 0.15) is 0 Å². The number of para-hydroxylation sites is 1. The van der Waals surface area contributed by atoms with Gasteiger partial charge in [-0.3, -0.25) is 0 Å². The van der Waals surface area contributed by atoms with Crippen LogP contribution in [-0.2, 0) is 11.8 Å². The molecular formula is C39H23BN2. The molecule has 0 amide bonds. The number of hydrogen-bond donors (Lipinski definition) is 0. The van der Waals surface area contributed by atoms with E-state index in [0.717, 1.165) is 12.1 Å². The predicted molar refractivity (Wildman–Crippen MR) is 171 cm³/mol. The second-order valence-electron chi connectivity index (χ2n) is 11.9. The highest BCUT2D eigenvalue weighted by Crippen LogP contribution is 2.49. The minimum atomic E-state index is -0.562. The van der Waals surface area contributed by atoms with E-state index < -0.39 is 5.41 Å². The van der Waals surface area contributed by atoms with Crippen molar-refractivity contribution in [2.75, 3.05) is 0 Å². The largest absolute Gasteiger partial charge is 0.310 e. The molecule has 0 radical (unpaired) electrons. The number of nitriles is 1. The third-order valence-corrected chi connectivity index (χ3v) is 10.2. The van der Waals surface area contributed by atoms with Crippen molar-refractivity contribution in [2.24, 2.45) is 0 Å². The SMILES string of the molecule is N#Cc1cc2c3c(c1)C(c1ccccc1)(c1ccccc1)c1cccc4c1B3c1c(ccc3c5ccccc5n-2c13)C4. The van der Waals surface area contributed by atoms with Crippen LogP contribution in [-0.4, -0.2) is 11.3 Å². The van der Waals surface area contributed by atoms with Crippen molar-refractivity contribution in [1.29, 1.82) is 5.26 Å². The first-order chi connectivity index (χ1) is 20.8. The number of aromatic nitrogens is 1. The molecule has 6 aromatic carbocycles. The molecule has 0 spiro atoms. The highest BCUT2D eigenvalue weighted by Gasteiger charge is 2.53. The lowest BCUT2D eigenvalue weighted by molar-refractivity contribution is 0.747. The van der Waals surface area contributed by atoms with Crippen molar-refractivity contribution in [3.05, 3.63) is 166 Å². The van der Waals surface area contributed by atoms with Gasteiger partial charge in [0, 0.05) is 22.0 Å². The van der Waals surface area contributed by atoms with Crippen molar-refractivity contribution in [1.82, 2.24) is 4.57 Å². The van der Waals surface area contributed by atoms with Gasteiger partial charge in [-0.05, 0) is 68.9 Å². The van der Waals surface area contributed by atoms with Crippen molar-refractivity contribution in [3.63, 3.8) is 0 Å². The maximum Gasteiger partial charge on any atom is 0.248 e. The summed E-state index contributed by atoms with van der Waals surface area (Å²) in [6, 6.07) is 49.2. The maximum atomic E-state index is 10.5. The monoisotopic (exact) mass is 530 g/mol. The van der Waals surface area contributed by atoms with Crippen LogP contribution in [0.2, 0.25) is 0 Å². The second kappa shape index (κ2) is 7.69. The number of hydrogen-bond acceptors (Lipinski definition) is 1. The summed E-state index contributed by atoms with van der Waals surface area (Å²) in [6.07, 6.45) is 0.924. The van der Waals surface area contributed by atoms with Gasteiger partial charge < -0.3 is 4.57 Å². The molecular weight excluding hydrogens is 507 g/mol. The maximum absolute atomic E-state index is 10.5. The average Bonchev–Trinajstić information content (AvgIpc) is 3.40. The van der Waals surface area contributed by atoms with Gasteiger partial charge in [0.2, 0.25) is 6.71 Å². The van der Waals surface area contributed by atoms with Crippen LogP contribution in [0, 0.1) is 11.3 Å². The summed E-state index contributed by atoms with van der Waals surface area (Å²) in [5, 5.41) is 13.1. The van der Waals surface area contributed by atoms with Crippen molar-refractivity contribution in [3.8, 4) is 11.8 Å². The molecule has 1 aromatic heterocycles. The summed E-state index contributed by atoms with van der Waals surface area (Å²) >= 11 is 0. The number of nitrogens with zero attached hydrogens (tertiary/aromatic N) is 2. The van der Waals surface area contributed by atoms with E-state index in [1.165, 1.54) is 71.6 Å². The van der Waals surface area contributed by atoms with Crippen LogP contribution in [0.4, 0.5) is 0 Å². The van der Waals surface area contributed by atoms with Crippen molar-refractivity contribution in [2.45, 2.75) is 11.8 Å². The topological polar surface area (TPSA) is 28.7 Å². The molecule has 0 saturated carbocycles. The summed E-state index contributed by atoms with van der Waals surface area (Å²) in [6.45, 7) is 0.124. The summed E-state index contributed by atoms with van der Waals surface area (Å²) in [4.78, 5) is 0. The van der Waals surface area contributed by atoms with E-state index in [4.69, 9.17) is 0 Å². The molecule has 0 fully saturated rings. The normalized spacial score (nSPS) is 14.7. The first kappa shape index (κ1) is 22.4. The van der Waals surface area contributed by atoms with Gasteiger partial charge in [-0.25, -0.2) is 0 Å².